The van der Waals surface area contributed by atoms with Gasteiger partial charge >= 0.3 is 0 Å². The highest BCUT2D eigenvalue weighted by Gasteiger charge is 2.31. The molecule has 6 heteroatoms. The molecule has 122 valence electrons. The molecule has 0 spiro atoms. The average Bonchev–Trinajstić information content (AvgIpc) is 3.26. The van der Waals surface area contributed by atoms with E-state index < -0.39 is 0 Å². The number of benzene rings is 1. The minimum atomic E-state index is -0.229. The monoisotopic (exact) mass is 323 g/mol. The Morgan fingerprint density at radius 1 is 1.29 bits per heavy atom. The van der Waals surface area contributed by atoms with Crippen molar-refractivity contribution in [3.05, 3.63) is 64.8 Å². The first-order valence-electron chi connectivity index (χ1n) is 8.04. The number of amides is 1. The average molecular weight is 323 g/mol. The second kappa shape index (κ2) is 5.96. The Labute approximate surface area is 138 Å². The quantitative estimate of drug-likeness (QED) is 0.741. The van der Waals surface area contributed by atoms with Crippen molar-refractivity contribution in [1.82, 2.24) is 14.7 Å². The molecule has 1 aromatic carbocycles. The van der Waals surface area contributed by atoms with E-state index in [0.717, 1.165) is 12.8 Å². The van der Waals surface area contributed by atoms with E-state index in [-0.39, 0.29) is 23.1 Å². The highest BCUT2D eigenvalue weighted by Crippen LogP contribution is 2.22. The minimum absolute atomic E-state index is 0.0640. The summed E-state index contributed by atoms with van der Waals surface area (Å²) in [5.74, 6) is -0.126. The Balaban J connectivity index is 1.64. The van der Waals surface area contributed by atoms with Gasteiger partial charge in [-0.05, 0) is 31.0 Å². The molecule has 6 nitrogen and oxygen atoms in total. The van der Waals surface area contributed by atoms with E-state index >= 15 is 0 Å². The van der Waals surface area contributed by atoms with Crippen LogP contribution in [0.5, 0.6) is 0 Å². The van der Waals surface area contributed by atoms with Crippen LogP contribution in [0.1, 0.15) is 23.4 Å². The summed E-state index contributed by atoms with van der Waals surface area (Å²) in [5, 5.41) is 4.70. The van der Waals surface area contributed by atoms with Crippen LogP contribution in [0.25, 0.3) is 11.0 Å². The molecule has 1 aliphatic rings. The fraction of sp³-hybridized carbons (Fsp3) is 0.278. The summed E-state index contributed by atoms with van der Waals surface area (Å²) in [4.78, 5) is 26.8. The number of hydrogen-bond acceptors (Lipinski definition) is 4. The molecule has 1 saturated heterocycles. The Kier molecular flexibility index (Phi) is 3.65. The molecule has 0 radical (unpaired) electrons. The van der Waals surface area contributed by atoms with Gasteiger partial charge in [0.2, 0.25) is 0 Å². The van der Waals surface area contributed by atoms with E-state index in [1.807, 2.05) is 16.9 Å². The van der Waals surface area contributed by atoms with Gasteiger partial charge in [-0.25, -0.2) is 0 Å². The zero-order valence-corrected chi connectivity index (χ0v) is 13.1. The second-order valence-electron chi connectivity index (χ2n) is 5.99. The second-order valence-corrected chi connectivity index (χ2v) is 5.99. The maximum Gasteiger partial charge on any atom is 0.290 e. The first-order chi connectivity index (χ1) is 11.7. The van der Waals surface area contributed by atoms with E-state index in [2.05, 4.69) is 5.10 Å². The molecular weight excluding hydrogens is 306 g/mol. The molecule has 0 N–H and O–H groups in total. The van der Waals surface area contributed by atoms with Gasteiger partial charge < -0.3 is 9.32 Å². The zero-order valence-electron chi connectivity index (χ0n) is 13.1. The van der Waals surface area contributed by atoms with Crippen LogP contribution in [0.15, 0.2) is 58.0 Å². The number of aromatic nitrogens is 2. The number of hydrogen-bond donors (Lipinski definition) is 0. The normalized spacial score (nSPS) is 17.5. The Bertz CT molecular complexity index is 930. The standard InChI is InChI=1S/C18H17N3O3/c22-15-11-17(24-16-7-2-1-6-14(15)16)18(23)21-10-3-5-13(21)12-20-9-4-8-19-20/h1-2,4,6-9,11,13H,3,5,10,12H2/t13-/m0/s1. The lowest BCUT2D eigenvalue weighted by Crippen LogP contribution is -2.38. The summed E-state index contributed by atoms with van der Waals surface area (Å²) in [6, 6.07) is 10.2. The molecule has 3 aromatic rings. The van der Waals surface area contributed by atoms with Crippen LogP contribution in [0.4, 0.5) is 0 Å². The summed E-state index contributed by atoms with van der Waals surface area (Å²) >= 11 is 0. The van der Waals surface area contributed by atoms with Crippen LogP contribution < -0.4 is 5.43 Å². The van der Waals surface area contributed by atoms with Crippen molar-refractivity contribution in [1.29, 1.82) is 0 Å². The summed E-state index contributed by atoms with van der Waals surface area (Å²) in [6.45, 7) is 1.32. The highest BCUT2D eigenvalue weighted by atomic mass is 16.3. The molecule has 0 aliphatic carbocycles. The van der Waals surface area contributed by atoms with E-state index in [1.165, 1.54) is 6.07 Å². The highest BCUT2D eigenvalue weighted by molar-refractivity contribution is 5.93. The van der Waals surface area contributed by atoms with E-state index in [0.29, 0.717) is 24.1 Å². The van der Waals surface area contributed by atoms with Crippen LogP contribution in [0, 0.1) is 0 Å². The Morgan fingerprint density at radius 3 is 3.00 bits per heavy atom. The van der Waals surface area contributed by atoms with Gasteiger partial charge in [0.15, 0.2) is 11.2 Å². The van der Waals surface area contributed by atoms with Gasteiger partial charge in [-0.2, -0.15) is 5.10 Å². The molecule has 4 rings (SSSR count). The third-order valence-electron chi connectivity index (χ3n) is 4.44. The van der Waals surface area contributed by atoms with Crippen molar-refractivity contribution in [3.63, 3.8) is 0 Å². The predicted octanol–water partition coefficient (Wildman–Crippen LogP) is 2.29. The smallest absolute Gasteiger partial charge is 0.290 e. The zero-order chi connectivity index (χ0) is 16.5. The van der Waals surface area contributed by atoms with Gasteiger partial charge in [0.1, 0.15) is 5.58 Å². The third-order valence-corrected chi connectivity index (χ3v) is 4.44. The number of rotatable bonds is 3. The van der Waals surface area contributed by atoms with Crippen LogP contribution in [-0.4, -0.2) is 33.2 Å². The van der Waals surface area contributed by atoms with Gasteiger partial charge in [0.25, 0.3) is 5.91 Å². The third kappa shape index (κ3) is 2.60. The van der Waals surface area contributed by atoms with E-state index in [4.69, 9.17) is 4.42 Å². The molecule has 3 heterocycles. The summed E-state index contributed by atoms with van der Waals surface area (Å²) < 4.78 is 7.51. The number of fused-ring (bicyclic) bond motifs is 1. The van der Waals surface area contributed by atoms with E-state index in [1.54, 1.807) is 35.4 Å². The van der Waals surface area contributed by atoms with Crippen LogP contribution in [0.3, 0.4) is 0 Å². The van der Waals surface area contributed by atoms with Gasteiger partial charge in [-0.3, -0.25) is 14.3 Å². The topological polar surface area (TPSA) is 68.3 Å². The number of carbonyl (C=O) groups is 1. The van der Waals surface area contributed by atoms with E-state index in [9.17, 15) is 9.59 Å². The molecule has 1 atom stereocenters. The molecule has 1 amide bonds. The Morgan fingerprint density at radius 2 is 2.17 bits per heavy atom. The van der Waals surface area contributed by atoms with Crippen LogP contribution in [-0.2, 0) is 6.54 Å². The number of para-hydroxylation sites is 1. The molecule has 0 unspecified atom stereocenters. The summed E-state index contributed by atoms with van der Waals surface area (Å²) in [5.41, 5.74) is 0.249. The fourth-order valence-electron chi connectivity index (χ4n) is 3.27. The molecule has 1 aliphatic heterocycles. The maximum absolute atomic E-state index is 12.8. The van der Waals surface area contributed by atoms with Crippen molar-refractivity contribution < 1.29 is 9.21 Å². The number of likely N-dealkylation sites (tertiary alicyclic amines) is 1. The first kappa shape index (κ1) is 14.7. The molecular formula is C18H17N3O3. The largest absolute Gasteiger partial charge is 0.451 e. The van der Waals surface area contributed by atoms with Crippen molar-refractivity contribution in [3.8, 4) is 0 Å². The molecule has 24 heavy (non-hydrogen) atoms. The number of carbonyl (C=O) groups excluding carboxylic acids is 1. The van der Waals surface area contributed by atoms with Gasteiger partial charge in [-0.15, -0.1) is 0 Å². The maximum atomic E-state index is 12.8. The van der Waals surface area contributed by atoms with Gasteiger partial charge in [-0.1, -0.05) is 12.1 Å². The van der Waals surface area contributed by atoms with Crippen molar-refractivity contribution in [2.45, 2.75) is 25.4 Å². The lowest BCUT2D eigenvalue weighted by Gasteiger charge is -2.24. The van der Waals surface area contributed by atoms with Gasteiger partial charge in [0.05, 0.1) is 18.0 Å². The van der Waals surface area contributed by atoms with Crippen LogP contribution in [0.2, 0.25) is 0 Å². The van der Waals surface area contributed by atoms with Crippen molar-refractivity contribution in [2.75, 3.05) is 6.54 Å². The molecule has 0 bridgehead atoms. The predicted molar refractivity (Wildman–Crippen MR) is 88.8 cm³/mol. The molecule has 0 saturated carbocycles. The molecule has 2 aromatic heterocycles. The number of nitrogens with zero attached hydrogens (tertiary/aromatic N) is 3. The summed E-state index contributed by atoms with van der Waals surface area (Å²) in [7, 11) is 0. The lowest BCUT2D eigenvalue weighted by molar-refractivity contribution is 0.0690. The van der Waals surface area contributed by atoms with Crippen molar-refractivity contribution >= 4 is 16.9 Å². The molecule has 1 fully saturated rings. The SMILES string of the molecule is O=C(c1cc(=O)c2ccccc2o1)N1CCC[C@H]1Cn1cccn1. The lowest BCUT2D eigenvalue weighted by atomic mass is 10.2. The first-order valence-corrected chi connectivity index (χ1v) is 8.04. The van der Waals surface area contributed by atoms with Gasteiger partial charge in [0, 0.05) is 25.0 Å². The minimum Gasteiger partial charge on any atom is -0.451 e. The summed E-state index contributed by atoms with van der Waals surface area (Å²) in [6.07, 6.45) is 5.47. The Hall–Kier alpha value is -2.89. The van der Waals surface area contributed by atoms with Crippen molar-refractivity contribution in [2.24, 2.45) is 0 Å². The van der Waals surface area contributed by atoms with Crippen LogP contribution >= 0.6 is 0 Å². The fourth-order valence-corrected chi connectivity index (χ4v) is 3.27.